The molecule has 1 aromatic carbocycles. The van der Waals surface area contributed by atoms with Crippen LogP contribution in [0.15, 0.2) is 30.3 Å². The number of benzene rings is 1. The lowest BCUT2D eigenvalue weighted by Gasteiger charge is -2.21. The SMILES string of the molecule is CN(CCN1CCCC1)C(=O)c1cc2c(s1)-c1ccccc1CC2. The van der Waals surface area contributed by atoms with E-state index in [2.05, 4.69) is 35.2 Å². The molecule has 0 spiro atoms. The first-order chi connectivity index (χ1) is 11.7. The van der Waals surface area contributed by atoms with E-state index >= 15 is 0 Å². The van der Waals surface area contributed by atoms with Crippen LogP contribution < -0.4 is 0 Å². The number of hydrogen-bond donors (Lipinski definition) is 0. The number of aryl methyl sites for hydroxylation is 2. The zero-order valence-electron chi connectivity index (χ0n) is 14.3. The van der Waals surface area contributed by atoms with Crippen molar-refractivity contribution in [1.29, 1.82) is 0 Å². The third-order valence-electron chi connectivity index (χ3n) is 5.24. The lowest BCUT2D eigenvalue weighted by Crippen LogP contribution is -2.34. The fourth-order valence-electron chi connectivity index (χ4n) is 3.76. The second-order valence-electron chi connectivity index (χ2n) is 6.90. The van der Waals surface area contributed by atoms with E-state index in [1.807, 2.05) is 11.9 Å². The van der Waals surface area contributed by atoms with Gasteiger partial charge in [0.2, 0.25) is 0 Å². The molecule has 1 aromatic heterocycles. The van der Waals surface area contributed by atoms with Crippen LogP contribution in [0.25, 0.3) is 10.4 Å². The first kappa shape index (κ1) is 15.9. The summed E-state index contributed by atoms with van der Waals surface area (Å²) in [6, 6.07) is 10.7. The number of likely N-dealkylation sites (tertiary alicyclic amines) is 1. The second kappa shape index (κ2) is 6.69. The zero-order valence-corrected chi connectivity index (χ0v) is 15.1. The second-order valence-corrected chi connectivity index (χ2v) is 7.95. The van der Waals surface area contributed by atoms with Crippen molar-refractivity contribution in [3.05, 3.63) is 46.3 Å². The Kier molecular flexibility index (Phi) is 4.42. The fourth-order valence-corrected chi connectivity index (χ4v) is 5.03. The van der Waals surface area contributed by atoms with Crippen molar-refractivity contribution in [1.82, 2.24) is 9.80 Å². The number of carbonyl (C=O) groups excluding carboxylic acids is 1. The molecule has 0 atom stereocenters. The van der Waals surface area contributed by atoms with Crippen LogP contribution in [-0.2, 0) is 12.8 Å². The van der Waals surface area contributed by atoms with E-state index in [0.717, 1.165) is 30.8 Å². The number of amides is 1. The highest BCUT2D eigenvalue weighted by Crippen LogP contribution is 2.39. The van der Waals surface area contributed by atoms with Crippen LogP contribution >= 0.6 is 11.3 Å². The van der Waals surface area contributed by atoms with E-state index < -0.39 is 0 Å². The van der Waals surface area contributed by atoms with E-state index in [0.29, 0.717) is 0 Å². The van der Waals surface area contributed by atoms with Gasteiger partial charge in [0.05, 0.1) is 4.88 Å². The Bertz CT molecular complexity index is 746. The van der Waals surface area contributed by atoms with Crippen molar-refractivity contribution in [3.63, 3.8) is 0 Å². The number of carbonyl (C=O) groups is 1. The molecule has 4 rings (SSSR count). The molecule has 0 saturated carbocycles. The molecule has 1 aliphatic carbocycles. The number of fused-ring (bicyclic) bond motifs is 3. The molecule has 0 unspecified atom stereocenters. The van der Waals surface area contributed by atoms with E-state index in [-0.39, 0.29) is 5.91 Å². The van der Waals surface area contributed by atoms with Gasteiger partial charge >= 0.3 is 0 Å². The summed E-state index contributed by atoms with van der Waals surface area (Å²) in [7, 11) is 1.94. The van der Waals surface area contributed by atoms with Gasteiger partial charge in [0.25, 0.3) is 5.91 Å². The molecule has 2 aromatic rings. The minimum absolute atomic E-state index is 0.172. The molecule has 1 saturated heterocycles. The molecule has 3 nitrogen and oxygen atoms in total. The average molecular weight is 340 g/mol. The first-order valence-electron chi connectivity index (χ1n) is 8.91. The quantitative estimate of drug-likeness (QED) is 0.848. The molecule has 0 N–H and O–H groups in total. The Hall–Kier alpha value is -1.65. The van der Waals surface area contributed by atoms with Crippen molar-refractivity contribution in [2.45, 2.75) is 25.7 Å². The minimum atomic E-state index is 0.172. The van der Waals surface area contributed by atoms with Crippen LogP contribution in [0.4, 0.5) is 0 Å². The molecule has 0 bridgehead atoms. The van der Waals surface area contributed by atoms with Crippen LogP contribution in [0.5, 0.6) is 0 Å². The maximum atomic E-state index is 12.8. The van der Waals surface area contributed by atoms with Gasteiger partial charge in [-0.1, -0.05) is 24.3 Å². The fraction of sp³-hybridized carbons (Fsp3) is 0.450. The van der Waals surface area contributed by atoms with Crippen LogP contribution in [0.2, 0.25) is 0 Å². The minimum Gasteiger partial charge on any atom is -0.340 e. The van der Waals surface area contributed by atoms with Gasteiger partial charge in [-0.2, -0.15) is 0 Å². The van der Waals surface area contributed by atoms with Crippen LogP contribution in [0, 0.1) is 0 Å². The smallest absolute Gasteiger partial charge is 0.263 e. The maximum absolute atomic E-state index is 12.8. The first-order valence-corrected chi connectivity index (χ1v) is 9.73. The van der Waals surface area contributed by atoms with Gasteiger partial charge in [0.15, 0.2) is 0 Å². The van der Waals surface area contributed by atoms with Crippen molar-refractivity contribution in [2.75, 3.05) is 33.2 Å². The highest BCUT2D eigenvalue weighted by atomic mass is 32.1. The Labute approximate surface area is 147 Å². The normalized spacial score (nSPS) is 16.7. The maximum Gasteiger partial charge on any atom is 0.263 e. The lowest BCUT2D eigenvalue weighted by molar-refractivity contribution is 0.0787. The molecule has 1 fully saturated rings. The number of hydrogen-bond acceptors (Lipinski definition) is 3. The van der Waals surface area contributed by atoms with Crippen molar-refractivity contribution >= 4 is 17.2 Å². The van der Waals surface area contributed by atoms with Crippen molar-refractivity contribution in [2.24, 2.45) is 0 Å². The molecule has 2 aliphatic rings. The molecule has 126 valence electrons. The Morgan fingerprint density at radius 2 is 1.92 bits per heavy atom. The standard InChI is InChI=1S/C20H24N2OS/c1-21(12-13-22-10-4-5-11-22)20(23)18-14-16-9-8-15-6-2-3-7-17(15)19(16)24-18/h2-3,6-7,14H,4-5,8-13H2,1H3. The largest absolute Gasteiger partial charge is 0.340 e. The highest BCUT2D eigenvalue weighted by Gasteiger charge is 2.23. The van der Waals surface area contributed by atoms with Gasteiger partial charge in [-0.05, 0) is 61.5 Å². The molecule has 1 amide bonds. The summed E-state index contributed by atoms with van der Waals surface area (Å²) in [5.41, 5.74) is 4.07. The summed E-state index contributed by atoms with van der Waals surface area (Å²) < 4.78 is 0. The number of nitrogens with zero attached hydrogens (tertiary/aromatic N) is 2. The number of likely N-dealkylation sites (N-methyl/N-ethyl adjacent to an activating group) is 1. The molecule has 2 heterocycles. The molecule has 1 aliphatic heterocycles. The Morgan fingerprint density at radius 1 is 1.17 bits per heavy atom. The number of thiophene rings is 1. The lowest BCUT2D eigenvalue weighted by atomic mass is 9.91. The summed E-state index contributed by atoms with van der Waals surface area (Å²) in [6.07, 6.45) is 4.73. The molecular formula is C20H24N2OS. The third kappa shape index (κ3) is 3.01. The number of rotatable bonds is 4. The summed E-state index contributed by atoms with van der Waals surface area (Å²) >= 11 is 1.67. The topological polar surface area (TPSA) is 23.6 Å². The monoisotopic (exact) mass is 340 g/mol. The van der Waals surface area contributed by atoms with Gasteiger partial charge in [-0.3, -0.25) is 4.79 Å². The Balaban J connectivity index is 1.49. The summed E-state index contributed by atoms with van der Waals surface area (Å²) in [5.74, 6) is 0.172. The molecular weight excluding hydrogens is 316 g/mol. The molecule has 24 heavy (non-hydrogen) atoms. The zero-order chi connectivity index (χ0) is 16.5. The van der Waals surface area contributed by atoms with Gasteiger partial charge in [0.1, 0.15) is 0 Å². The summed E-state index contributed by atoms with van der Waals surface area (Å²) in [4.78, 5) is 19.3. The Morgan fingerprint density at radius 3 is 2.75 bits per heavy atom. The molecule has 4 heteroatoms. The predicted octanol–water partition coefficient (Wildman–Crippen LogP) is 3.68. The van der Waals surface area contributed by atoms with E-state index in [1.54, 1.807) is 11.3 Å². The van der Waals surface area contributed by atoms with Gasteiger partial charge in [-0.25, -0.2) is 0 Å². The summed E-state index contributed by atoms with van der Waals surface area (Å²) in [5, 5.41) is 0. The predicted molar refractivity (Wildman–Crippen MR) is 99.8 cm³/mol. The van der Waals surface area contributed by atoms with Gasteiger partial charge in [0, 0.05) is 25.0 Å². The van der Waals surface area contributed by atoms with Crippen LogP contribution in [0.1, 0.15) is 33.6 Å². The van der Waals surface area contributed by atoms with Crippen molar-refractivity contribution in [3.8, 4) is 10.4 Å². The van der Waals surface area contributed by atoms with E-state index in [4.69, 9.17) is 0 Å². The van der Waals surface area contributed by atoms with Crippen molar-refractivity contribution < 1.29 is 4.79 Å². The highest BCUT2D eigenvalue weighted by molar-refractivity contribution is 7.17. The average Bonchev–Trinajstić information content (AvgIpc) is 3.28. The summed E-state index contributed by atoms with van der Waals surface area (Å²) in [6.45, 7) is 4.19. The van der Waals surface area contributed by atoms with Crippen LogP contribution in [-0.4, -0.2) is 48.9 Å². The van der Waals surface area contributed by atoms with E-state index in [1.165, 1.54) is 47.5 Å². The van der Waals surface area contributed by atoms with Gasteiger partial charge in [-0.15, -0.1) is 11.3 Å². The molecule has 0 radical (unpaired) electrons. The third-order valence-corrected chi connectivity index (χ3v) is 6.44. The van der Waals surface area contributed by atoms with Crippen LogP contribution in [0.3, 0.4) is 0 Å². The van der Waals surface area contributed by atoms with E-state index in [9.17, 15) is 4.79 Å². The van der Waals surface area contributed by atoms with Gasteiger partial charge < -0.3 is 9.80 Å².